The van der Waals surface area contributed by atoms with Crippen molar-refractivity contribution in [2.45, 2.75) is 11.3 Å². The number of methoxy groups -OCH3 is 1. The summed E-state index contributed by atoms with van der Waals surface area (Å²) in [6.07, 6.45) is -2.98. The maximum atomic E-state index is 13.3. The van der Waals surface area contributed by atoms with Crippen LogP contribution in [-0.4, -0.2) is 25.4 Å². The Hall–Kier alpha value is -2.65. The number of sulfonamides is 1. The van der Waals surface area contributed by atoms with Crippen LogP contribution in [-0.2, 0) is 10.0 Å². The number of alkyl halides is 2. The first-order valence-corrected chi connectivity index (χ1v) is 9.48. The zero-order valence-corrected chi connectivity index (χ0v) is 15.5. The summed E-state index contributed by atoms with van der Waals surface area (Å²) in [6, 6.07) is 13.8. The lowest BCUT2D eigenvalue weighted by Gasteiger charge is -2.11. The van der Waals surface area contributed by atoms with Gasteiger partial charge in [0, 0.05) is 5.56 Å². The zero-order chi connectivity index (χ0) is 19.6. The molecule has 142 valence electrons. The highest BCUT2D eigenvalue weighted by molar-refractivity contribution is 7.92. The lowest BCUT2D eigenvalue weighted by atomic mass is 10.1. The lowest BCUT2D eigenvalue weighted by molar-refractivity contribution is 0.145. The van der Waals surface area contributed by atoms with E-state index >= 15 is 0 Å². The molecule has 2 aromatic carbocycles. The monoisotopic (exact) mass is 413 g/mol. The fourth-order valence-electron chi connectivity index (χ4n) is 2.39. The molecule has 0 bridgehead atoms. The molecule has 0 saturated heterocycles. The molecule has 0 atom stereocenters. The first kappa shape index (κ1) is 19.1. The standard InChI is InChI=1S/C17H14ClF2N3O3S/c1-26-12-9-7-11(8-10-12)16-14(18)15(17(19)20)21-23(16)22-27(24,25)13-5-3-2-4-6-13/h2-10,17,22H,1H3. The molecule has 3 aromatic rings. The van der Waals surface area contributed by atoms with Gasteiger partial charge in [-0.25, -0.2) is 8.78 Å². The van der Waals surface area contributed by atoms with Gasteiger partial charge >= 0.3 is 0 Å². The van der Waals surface area contributed by atoms with E-state index in [0.29, 0.717) is 11.3 Å². The molecule has 0 saturated carbocycles. The number of benzene rings is 2. The summed E-state index contributed by atoms with van der Waals surface area (Å²) in [5, 5.41) is 3.31. The number of hydrogen-bond donors (Lipinski definition) is 1. The molecule has 27 heavy (non-hydrogen) atoms. The molecule has 1 aromatic heterocycles. The van der Waals surface area contributed by atoms with Crippen LogP contribution in [0, 0.1) is 0 Å². The van der Waals surface area contributed by atoms with Gasteiger partial charge in [0.1, 0.15) is 17.1 Å². The van der Waals surface area contributed by atoms with E-state index in [9.17, 15) is 17.2 Å². The lowest BCUT2D eigenvalue weighted by Crippen LogP contribution is -2.25. The molecular formula is C17H14ClF2N3O3S. The number of nitrogens with zero attached hydrogens (tertiary/aromatic N) is 2. The summed E-state index contributed by atoms with van der Waals surface area (Å²) in [6.45, 7) is 0. The van der Waals surface area contributed by atoms with E-state index in [0.717, 1.165) is 4.79 Å². The van der Waals surface area contributed by atoms with Crippen molar-refractivity contribution in [3.8, 4) is 17.0 Å². The predicted molar refractivity (Wildman–Crippen MR) is 97.2 cm³/mol. The molecule has 10 heteroatoms. The minimum absolute atomic E-state index is 0.00544. The fourth-order valence-corrected chi connectivity index (χ4v) is 3.68. The minimum Gasteiger partial charge on any atom is -0.497 e. The Morgan fingerprint density at radius 2 is 1.74 bits per heavy atom. The highest BCUT2D eigenvalue weighted by Crippen LogP contribution is 2.35. The summed E-state index contributed by atoms with van der Waals surface area (Å²) in [4.78, 5) is 2.87. The maximum Gasteiger partial charge on any atom is 0.283 e. The average molecular weight is 414 g/mol. The molecule has 3 rings (SSSR count). The third-order valence-corrected chi connectivity index (χ3v) is 5.36. The van der Waals surface area contributed by atoms with E-state index in [4.69, 9.17) is 16.3 Å². The number of nitrogens with one attached hydrogen (secondary N) is 1. The summed E-state index contributed by atoms with van der Waals surface area (Å²) in [7, 11) is -2.58. The minimum atomic E-state index is -4.06. The quantitative estimate of drug-likeness (QED) is 0.660. The summed E-state index contributed by atoms with van der Waals surface area (Å²) >= 11 is 6.08. The van der Waals surface area contributed by atoms with Gasteiger partial charge in [0.05, 0.1) is 17.0 Å². The normalized spacial score (nSPS) is 11.6. The largest absolute Gasteiger partial charge is 0.497 e. The first-order valence-electron chi connectivity index (χ1n) is 7.62. The van der Waals surface area contributed by atoms with Crippen LogP contribution in [0.15, 0.2) is 59.5 Å². The third-order valence-electron chi connectivity index (χ3n) is 3.68. The molecule has 0 aliphatic rings. The van der Waals surface area contributed by atoms with Crippen LogP contribution in [0.2, 0.25) is 5.02 Å². The molecule has 1 heterocycles. The summed E-state index contributed by atoms with van der Waals surface area (Å²) < 4.78 is 56.7. The number of ether oxygens (including phenoxy) is 1. The van der Waals surface area contributed by atoms with E-state index in [1.807, 2.05) is 0 Å². The predicted octanol–water partition coefficient (Wildman–Crippen LogP) is 4.08. The molecule has 6 nitrogen and oxygen atoms in total. The number of halogens is 3. The Labute approximate surface area is 159 Å². The van der Waals surface area contributed by atoms with Crippen molar-refractivity contribution in [2.75, 3.05) is 11.9 Å². The Kier molecular flexibility index (Phi) is 5.33. The molecular weight excluding hydrogens is 400 g/mol. The van der Waals surface area contributed by atoms with Crippen LogP contribution in [0.1, 0.15) is 12.1 Å². The van der Waals surface area contributed by atoms with Crippen LogP contribution >= 0.6 is 11.6 Å². The SMILES string of the molecule is COc1ccc(-c2c(Cl)c(C(F)F)nn2NS(=O)(=O)c2ccccc2)cc1. The van der Waals surface area contributed by atoms with Gasteiger partial charge < -0.3 is 4.74 Å². The van der Waals surface area contributed by atoms with Crippen LogP contribution in [0.3, 0.4) is 0 Å². The maximum absolute atomic E-state index is 13.3. The van der Waals surface area contributed by atoms with Gasteiger partial charge in [0.25, 0.3) is 16.4 Å². The van der Waals surface area contributed by atoms with Crippen molar-refractivity contribution >= 4 is 21.6 Å². The molecule has 1 N–H and O–H groups in total. The topological polar surface area (TPSA) is 73.2 Å². The molecule has 0 unspecified atom stereocenters. The summed E-state index contributed by atoms with van der Waals surface area (Å²) in [5.74, 6) is 0.542. The molecule has 0 fully saturated rings. The number of aromatic nitrogens is 2. The van der Waals surface area contributed by atoms with E-state index in [2.05, 4.69) is 9.93 Å². The van der Waals surface area contributed by atoms with Crippen molar-refractivity contribution in [1.29, 1.82) is 0 Å². The third kappa shape index (κ3) is 3.88. The molecule has 0 amide bonds. The van der Waals surface area contributed by atoms with Crippen molar-refractivity contribution in [2.24, 2.45) is 0 Å². The second-order valence-corrected chi connectivity index (χ2v) is 7.44. The van der Waals surface area contributed by atoms with Crippen molar-refractivity contribution in [3.63, 3.8) is 0 Å². The van der Waals surface area contributed by atoms with Gasteiger partial charge in [-0.05, 0) is 36.4 Å². The first-order chi connectivity index (χ1) is 12.8. The highest BCUT2D eigenvalue weighted by Gasteiger charge is 2.26. The molecule has 0 radical (unpaired) electrons. The van der Waals surface area contributed by atoms with Gasteiger partial charge in [0.2, 0.25) is 0 Å². The van der Waals surface area contributed by atoms with Crippen molar-refractivity contribution < 1.29 is 21.9 Å². The Morgan fingerprint density at radius 1 is 1.11 bits per heavy atom. The zero-order valence-electron chi connectivity index (χ0n) is 13.9. The Bertz CT molecular complexity index is 1040. The van der Waals surface area contributed by atoms with Gasteiger partial charge in [-0.3, -0.25) is 0 Å². The fraction of sp³-hybridized carbons (Fsp3) is 0.118. The number of hydrogen-bond acceptors (Lipinski definition) is 4. The van der Waals surface area contributed by atoms with Gasteiger partial charge in [0.15, 0.2) is 0 Å². The number of rotatable bonds is 6. The van der Waals surface area contributed by atoms with E-state index in [1.165, 1.54) is 19.2 Å². The Morgan fingerprint density at radius 3 is 2.30 bits per heavy atom. The smallest absolute Gasteiger partial charge is 0.283 e. The molecule has 0 aliphatic carbocycles. The molecule has 0 spiro atoms. The van der Waals surface area contributed by atoms with Gasteiger partial charge in [-0.15, -0.1) is 5.10 Å². The van der Waals surface area contributed by atoms with E-state index in [1.54, 1.807) is 42.5 Å². The van der Waals surface area contributed by atoms with Gasteiger partial charge in [-0.1, -0.05) is 29.8 Å². The van der Waals surface area contributed by atoms with Crippen molar-refractivity contribution in [3.05, 3.63) is 65.3 Å². The average Bonchev–Trinajstić information content (AvgIpc) is 2.98. The van der Waals surface area contributed by atoms with Crippen LogP contribution in [0.25, 0.3) is 11.3 Å². The summed E-state index contributed by atoms with van der Waals surface area (Å²) in [5.41, 5.74) is -0.344. The highest BCUT2D eigenvalue weighted by atomic mass is 35.5. The van der Waals surface area contributed by atoms with Crippen LogP contribution in [0.5, 0.6) is 5.75 Å². The second kappa shape index (κ2) is 7.53. The van der Waals surface area contributed by atoms with Crippen LogP contribution in [0.4, 0.5) is 8.78 Å². The van der Waals surface area contributed by atoms with Gasteiger partial charge in [-0.2, -0.15) is 18.0 Å². The molecule has 0 aliphatic heterocycles. The van der Waals surface area contributed by atoms with E-state index in [-0.39, 0.29) is 15.6 Å². The van der Waals surface area contributed by atoms with Crippen LogP contribution < -0.4 is 9.57 Å². The van der Waals surface area contributed by atoms with Crippen molar-refractivity contribution in [1.82, 2.24) is 9.89 Å². The van der Waals surface area contributed by atoms with E-state index < -0.39 is 22.1 Å². The Balaban J connectivity index is 2.10. The second-order valence-electron chi connectivity index (χ2n) is 5.40.